The third-order valence-electron chi connectivity index (χ3n) is 7.70. The number of aliphatic carboxylic acids is 2. The number of hydrogen-bond acceptors (Lipinski definition) is 8. The molecular formula is C32H37NO9S. The molecule has 1 aliphatic rings. The van der Waals surface area contributed by atoms with Gasteiger partial charge in [-0.1, -0.05) is 13.8 Å². The first-order valence-corrected chi connectivity index (χ1v) is 15.0. The highest BCUT2D eigenvalue weighted by atomic mass is 32.1. The number of unbranched alkanes of at least 4 members (excludes halogenated alkanes) is 1. The Balaban J connectivity index is 1.36. The molecule has 2 atom stereocenters. The second kappa shape index (κ2) is 13.9. The van der Waals surface area contributed by atoms with Gasteiger partial charge in [-0.2, -0.15) is 0 Å². The van der Waals surface area contributed by atoms with Crippen LogP contribution in [0.25, 0.3) is 10.1 Å². The summed E-state index contributed by atoms with van der Waals surface area (Å²) in [6.45, 7) is 4.39. The molecule has 0 spiro atoms. The molecule has 0 radical (unpaired) electrons. The zero-order valence-electron chi connectivity index (χ0n) is 24.8. The highest BCUT2D eigenvalue weighted by Gasteiger charge is 2.28. The van der Waals surface area contributed by atoms with Crippen molar-refractivity contribution in [3.8, 4) is 17.2 Å². The van der Waals surface area contributed by atoms with E-state index in [4.69, 9.17) is 19.3 Å². The Kier molecular flexibility index (Phi) is 10.3. The lowest BCUT2D eigenvalue weighted by molar-refractivity contribution is -0.145. The maximum atomic E-state index is 12.7. The lowest BCUT2D eigenvalue weighted by Crippen LogP contribution is -2.28. The average Bonchev–Trinajstić information content (AvgIpc) is 3.60. The van der Waals surface area contributed by atoms with Crippen LogP contribution >= 0.6 is 11.3 Å². The maximum absolute atomic E-state index is 12.7. The highest BCUT2D eigenvalue weighted by Crippen LogP contribution is 2.37. The van der Waals surface area contributed by atoms with Crippen molar-refractivity contribution in [3.05, 3.63) is 51.9 Å². The van der Waals surface area contributed by atoms with E-state index < -0.39 is 23.8 Å². The largest absolute Gasteiger partial charge is 0.497 e. The number of fused-ring (bicyclic) bond motifs is 2. The van der Waals surface area contributed by atoms with Gasteiger partial charge in [0.1, 0.15) is 5.75 Å². The number of carboxylic acids is 2. The summed E-state index contributed by atoms with van der Waals surface area (Å²) in [4.78, 5) is 49.9. The van der Waals surface area contributed by atoms with Gasteiger partial charge in [-0.3, -0.25) is 19.2 Å². The first-order valence-electron chi connectivity index (χ1n) is 14.2. The third-order valence-corrected chi connectivity index (χ3v) is 8.84. The third kappa shape index (κ3) is 7.64. The molecule has 1 amide bonds. The Labute approximate surface area is 254 Å². The predicted octanol–water partition coefficient (Wildman–Crippen LogP) is 5.57. The molecule has 2 aromatic carbocycles. The molecule has 1 aromatic heterocycles. The number of benzene rings is 2. The number of hydrogen-bond donors (Lipinski definition) is 2. The normalized spacial score (nSPS) is 13.8. The summed E-state index contributed by atoms with van der Waals surface area (Å²) in [5.41, 5.74) is 3.21. The quantitative estimate of drug-likeness (QED) is 0.167. The van der Waals surface area contributed by atoms with Crippen molar-refractivity contribution in [2.24, 2.45) is 11.8 Å². The van der Waals surface area contributed by atoms with Crippen LogP contribution in [0, 0.1) is 11.8 Å². The van der Waals surface area contributed by atoms with E-state index in [2.05, 4.69) is 0 Å². The fourth-order valence-electron chi connectivity index (χ4n) is 5.08. The van der Waals surface area contributed by atoms with Crippen molar-refractivity contribution in [1.82, 2.24) is 4.90 Å². The molecular weight excluding hydrogens is 574 g/mol. The summed E-state index contributed by atoms with van der Waals surface area (Å²) in [5.74, 6) is -2.00. The van der Waals surface area contributed by atoms with Gasteiger partial charge in [0.15, 0.2) is 17.3 Å². The number of aryl methyl sites for hydroxylation is 1. The van der Waals surface area contributed by atoms with Gasteiger partial charge in [-0.15, -0.1) is 11.3 Å². The maximum Gasteiger partial charge on any atom is 0.306 e. The first-order chi connectivity index (χ1) is 20.5. The SMILES string of the molecule is COc1cc(CCCCOc2cc3cc(C(=O)CC(C)C(=O)O)sc3cc2OC)c2c(c1)CN(C(=O)CC(C)C(=O)O)C2. The number of ether oxygens (including phenoxy) is 3. The number of thiophene rings is 1. The molecule has 43 heavy (non-hydrogen) atoms. The predicted molar refractivity (Wildman–Crippen MR) is 161 cm³/mol. The number of amides is 1. The van der Waals surface area contributed by atoms with E-state index in [-0.39, 0.29) is 24.5 Å². The summed E-state index contributed by atoms with van der Waals surface area (Å²) in [7, 11) is 3.17. The Bertz CT molecular complexity index is 1530. The monoisotopic (exact) mass is 611 g/mol. The molecule has 0 aliphatic carbocycles. The van der Waals surface area contributed by atoms with Crippen LogP contribution in [0.4, 0.5) is 0 Å². The number of carbonyl (C=O) groups excluding carboxylic acids is 2. The first kappa shape index (κ1) is 31.8. The van der Waals surface area contributed by atoms with E-state index in [0.717, 1.165) is 51.8 Å². The lowest BCUT2D eigenvalue weighted by Gasteiger charge is -2.17. The number of rotatable bonds is 15. The number of carboxylic acid groups (broad SMARTS) is 2. The molecule has 4 rings (SSSR count). The van der Waals surface area contributed by atoms with Crippen LogP contribution in [0.15, 0.2) is 30.3 Å². The summed E-state index contributed by atoms with van der Waals surface area (Å²) < 4.78 is 18.0. The Morgan fingerprint density at radius 3 is 2.28 bits per heavy atom. The summed E-state index contributed by atoms with van der Waals surface area (Å²) >= 11 is 1.31. The summed E-state index contributed by atoms with van der Waals surface area (Å²) in [6.07, 6.45) is 2.25. The molecule has 0 fully saturated rings. The minimum absolute atomic E-state index is 0.0324. The highest BCUT2D eigenvalue weighted by molar-refractivity contribution is 7.20. The molecule has 10 nitrogen and oxygen atoms in total. The van der Waals surface area contributed by atoms with Gasteiger partial charge in [0.2, 0.25) is 5.91 Å². The number of ketones is 1. The Morgan fingerprint density at radius 1 is 0.884 bits per heavy atom. The van der Waals surface area contributed by atoms with E-state index in [1.165, 1.54) is 25.2 Å². The van der Waals surface area contributed by atoms with Crippen LogP contribution in [0.1, 0.15) is 65.9 Å². The van der Waals surface area contributed by atoms with Crippen LogP contribution < -0.4 is 14.2 Å². The number of Topliss-reactive ketones (excluding diaryl/α,β-unsaturated/α-hetero) is 1. The Hall–Kier alpha value is -4.12. The molecule has 11 heteroatoms. The van der Waals surface area contributed by atoms with E-state index >= 15 is 0 Å². The fourth-order valence-corrected chi connectivity index (χ4v) is 6.10. The van der Waals surface area contributed by atoms with Gasteiger partial charge in [-0.25, -0.2) is 0 Å². The molecule has 0 saturated heterocycles. The molecule has 230 valence electrons. The van der Waals surface area contributed by atoms with Crippen molar-refractivity contribution in [1.29, 1.82) is 0 Å². The zero-order chi connectivity index (χ0) is 31.3. The van der Waals surface area contributed by atoms with Crippen LogP contribution in [-0.2, 0) is 33.9 Å². The molecule has 2 heterocycles. The molecule has 2 N–H and O–H groups in total. The molecule has 0 saturated carbocycles. The van der Waals surface area contributed by atoms with Crippen molar-refractivity contribution in [3.63, 3.8) is 0 Å². The van der Waals surface area contributed by atoms with Crippen LogP contribution in [0.3, 0.4) is 0 Å². The van der Waals surface area contributed by atoms with Gasteiger partial charge in [0.05, 0.1) is 37.5 Å². The lowest BCUT2D eigenvalue weighted by atomic mass is 9.98. The van der Waals surface area contributed by atoms with Crippen LogP contribution in [-0.4, -0.2) is 59.6 Å². The van der Waals surface area contributed by atoms with E-state index in [0.29, 0.717) is 36.1 Å². The second-order valence-corrected chi connectivity index (χ2v) is 12.0. The van der Waals surface area contributed by atoms with E-state index in [1.54, 1.807) is 25.2 Å². The summed E-state index contributed by atoms with van der Waals surface area (Å²) in [6, 6.07) is 9.37. The standard InChI is InChI=1S/C32H37NO9S/c1-18(31(36)37)9-25(34)29-14-21-13-27(26(41-4)15-28(21)43-29)42-8-6-5-7-20-11-23(40-3)12-22-16-33(17-24(20)22)30(35)10-19(2)32(38)39/h11-15,18-19H,5-10,16-17H2,1-4H3,(H,36,37)(H,38,39). The number of methoxy groups -OCH3 is 2. The van der Waals surface area contributed by atoms with Gasteiger partial charge in [0.25, 0.3) is 0 Å². The second-order valence-electron chi connectivity index (χ2n) is 10.9. The van der Waals surface area contributed by atoms with Gasteiger partial charge in [-0.05, 0) is 65.6 Å². The van der Waals surface area contributed by atoms with Gasteiger partial charge >= 0.3 is 11.9 Å². The van der Waals surface area contributed by atoms with Crippen molar-refractivity contribution >= 4 is 45.1 Å². The van der Waals surface area contributed by atoms with Gasteiger partial charge in [0, 0.05) is 36.7 Å². The molecule has 2 unspecified atom stereocenters. The summed E-state index contributed by atoms with van der Waals surface area (Å²) in [5, 5.41) is 19.1. The van der Waals surface area contributed by atoms with E-state index in [1.807, 2.05) is 24.3 Å². The molecule has 3 aromatic rings. The fraction of sp³-hybridized carbons (Fsp3) is 0.438. The van der Waals surface area contributed by atoms with E-state index in [9.17, 15) is 24.3 Å². The Morgan fingerprint density at radius 2 is 1.60 bits per heavy atom. The van der Waals surface area contributed by atoms with Gasteiger partial charge < -0.3 is 29.3 Å². The topological polar surface area (TPSA) is 140 Å². The number of carbonyl (C=O) groups is 4. The van der Waals surface area contributed by atoms with Crippen LogP contribution in [0.2, 0.25) is 0 Å². The number of nitrogens with zero attached hydrogens (tertiary/aromatic N) is 1. The van der Waals surface area contributed by atoms with Crippen molar-refractivity contribution < 1.29 is 43.6 Å². The van der Waals surface area contributed by atoms with Crippen molar-refractivity contribution in [2.75, 3.05) is 20.8 Å². The minimum Gasteiger partial charge on any atom is -0.497 e. The van der Waals surface area contributed by atoms with Crippen LogP contribution in [0.5, 0.6) is 17.2 Å². The average molecular weight is 612 g/mol. The molecule has 0 bridgehead atoms. The smallest absolute Gasteiger partial charge is 0.306 e. The minimum atomic E-state index is -0.998. The zero-order valence-corrected chi connectivity index (χ0v) is 25.6. The van der Waals surface area contributed by atoms with Crippen molar-refractivity contribution in [2.45, 2.75) is 59.0 Å². The molecule has 1 aliphatic heterocycles.